The van der Waals surface area contributed by atoms with Gasteiger partial charge in [0.25, 0.3) is 0 Å². The molecule has 1 heterocycles. The summed E-state index contributed by atoms with van der Waals surface area (Å²) in [5.41, 5.74) is 0.646. The van der Waals surface area contributed by atoms with E-state index in [-0.39, 0.29) is 23.7 Å². The lowest BCUT2D eigenvalue weighted by molar-refractivity contribution is -0.128. The average molecular weight is 281 g/mol. The Kier molecular flexibility index (Phi) is 4.95. The van der Waals surface area contributed by atoms with E-state index >= 15 is 0 Å². The van der Waals surface area contributed by atoms with Crippen LogP contribution in [0.5, 0.6) is 5.75 Å². The number of ether oxygens (including phenoxy) is 2. The minimum atomic E-state index is -0.340. The van der Waals surface area contributed by atoms with Crippen LogP contribution in [0.4, 0.5) is 4.39 Å². The van der Waals surface area contributed by atoms with Gasteiger partial charge in [-0.1, -0.05) is 0 Å². The second-order valence-electron chi connectivity index (χ2n) is 5.00. The summed E-state index contributed by atoms with van der Waals surface area (Å²) in [4.78, 5) is 12.2. The molecule has 1 amide bonds. The summed E-state index contributed by atoms with van der Waals surface area (Å²) < 4.78 is 23.8. The zero-order valence-electron chi connectivity index (χ0n) is 11.8. The van der Waals surface area contributed by atoms with Gasteiger partial charge >= 0.3 is 0 Å². The van der Waals surface area contributed by atoms with Crippen molar-refractivity contribution in [3.8, 4) is 5.75 Å². The Bertz CT molecular complexity index is 472. The number of rotatable bonds is 4. The summed E-state index contributed by atoms with van der Waals surface area (Å²) in [6, 6.07) is 4.02. The molecule has 20 heavy (non-hydrogen) atoms. The predicted molar refractivity (Wildman–Crippen MR) is 73.1 cm³/mol. The van der Waals surface area contributed by atoms with Crippen LogP contribution in [-0.4, -0.2) is 26.2 Å². The molecule has 1 fully saturated rings. The number of carbonyl (C=O) groups excluding carboxylic acids is 1. The van der Waals surface area contributed by atoms with E-state index in [0.29, 0.717) is 24.5 Å². The molecule has 0 bridgehead atoms. The van der Waals surface area contributed by atoms with Crippen LogP contribution in [0, 0.1) is 11.7 Å². The van der Waals surface area contributed by atoms with Crippen LogP contribution in [0.3, 0.4) is 0 Å². The third kappa shape index (κ3) is 3.48. The summed E-state index contributed by atoms with van der Waals surface area (Å²) in [6.45, 7) is 3.07. The van der Waals surface area contributed by atoms with Gasteiger partial charge in [-0.05, 0) is 38.0 Å². The van der Waals surface area contributed by atoms with Crippen molar-refractivity contribution < 1.29 is 18.7 Å². The Balaban J connectivity index is 2.05. The highest BCUT2D eigenvalue weighted by Crippen LogP contribution is 2.26. The highest BCUT2D eigenvalue weighted by atomic mass is 19.1. The molecular formula is C15H20FNO3. The molecule has 0 aliphatic carbocycles. The molecule has 0 radical (unpaired) electrons. The second kappa shape index (κ2) is 6.70. The Morgan fingerprint density at radius 2 is 2.15 bits per heavy atom. The molecule has 4 nitrogen and oxygen atoms in total. The number of hydrogen-bond acceptors (Lipinski definition) is 3. The van der Waals surface area contributed by atoms with E-state index in [1.165, 1.54) is 19.2 Å². The van der Waals surface area contributed by atoms with Crippen LogP contribution in [0.25, 0.3) is 0 Å². The SMILES string of the molecule is COc1ccc(F)cc1C(C)NC(=O)C1CCOCC1. The minimum Gasteiger partial charge on any atom is -0.496 e. The fourth-order valence-electron chi connectivity index (χ4n) is 2.41. The molecule has 1 unspecified atom stereocenters. The van der Waals surface area contributed by atoms with Crippen molar-refractivity contribution in [1.82, 2.24) is 5.32 Å². The fraction of sp³-hybridized carbons (Fsp3) is 0.533. The van der Waals surface area contributed by atoms with Gasteiger partial charge in [0.1, 0.15) is 11.6 Å². The third-order valence-corrected chi connectivity index (χ3v) is 3.61. The van der Waals surface area contributed by atoms with E-state index in [1.54, 1.807) is 6.07 Å². The first-order valence-corrected chi connectivity index (χ1v) is 6.83. The maximum absolute atomic E-state index is 13.4. The number of nitrogens with one attached hydrogen (secondary N) is 1. The monoisotopic (exact) mass is 281 g/mol. The van der Waals surface area contributed by atoms with Crippen molar-refractivity contribution >= 4 is 5.91 Å². The summed E-state index contributed by atoms with van der Waals surface area (Å²) in [7, 11) is 1.53. The molecule has 1 aromatic carbocycles. The van der Waals surface area contributed by atoms with Gasteiger partial charge in [-0.2, -0.15) is 0 Å². The number of methoxy groups -OCH3 is 1. The molecule has 5 heteroatoms. The van der Waals surface area contributed by atoms with Crippen molar-refractivity contribution in [2.24, 2.45) is 5.92 Å². The quantitative estimate of drug-likeness (QED) is 0.922. The summed E-state index contributed by atoms with van der Waals surface area (Å²) in [5, 5.41) is 2.93. The molecule has 0 saturated carbocycles. The normalized spacial score (nSPS) is 17.6. The fourth-order valence-corrected chi connectivity index (χ4v) is 2.41. The van der Waals surface area contributed by atoms with Crippen molar-refractivity contribution in [2.75, 3.05) is 20.3 Å². The standard InChI is InChI=1S/C15H20FNO3/c1-10(13-9-12(16)3-4-14(13)19-2)17-15(18)11-5-7-20-8-6-11/h3-4,9-11H,5-8H2,1-2H3,(H,17,18). The van der Waals surface area contributed by atoms with Crippen LogP contribution in [0.2, 0.25) is 0 Å². The summed E-state index contributed by atoms with van der Waals surface area (Å²) in [5.74, 6) is 0.206. The van der Waals surface area contributed by atoms with Gasteiger partial charge in [0, 0.05) is 24.7 Å². The predicted octanol–water partition coefficient (Wildman–Crippen LogP) is 2.44. The largest absolute Gasteiger partial charge is 0.496 e. The molecule has 1 aliphatic rings. The number of hydrogen-bond donors (Lipinski definition) is 1. The van der Waals surface area contributed by atoms with Crippen molar-refractivity contribution in [1.29, 1.82) is 0 Å². The van der Waals surface area contributed by atoms with Crippen molar-refractivity contribution in [3.05, 3.63) is 29.6 Å². The van der Waals surface area contributed by atoms with Gasteiger partial charge in [-0.15, -0.1) is 0 Å². The molecule has 2 rings (SSSR count). The topological polar surface area (TPSA) is 47.6 Å². The molecule has 1 aliphatic heterocycles. The lowest BCUT2D eigenvalue weighted by Crippen LogP contribution is -2.35. The maximum Gasteiger partial charge on any atom is 0.223 e. The van der Waals surface area contributed by atoms with E-state index in [2.05, 4.69) is 5.32 Å². The smallest absolute Gasteiger partial charge is 0.223 e. The van der Waals surface area contributed by atoms with Gasteiger partial charge in [0.2, 0.25) is 5.91 Å². The lowest BCUT2D eigenvalue weighted by Gasteiger charge is -2.24. The van der Waals surface area contributed by atoms with E-state index in [9.17, 15) is 9.18 Å². The zero-order valence-corrected chi connectivity index (χ0v) is 11.8. The van der Waals surface area contributed by atoms with E-state index < -0.39 is 0 Å². The Hall–Kier alpha value is -1.62. The Labute approximate surface area is 118 Å². The van der Waals surface area contributed by atoms with Gasteiger partial charge < -0.3 is 14.8 Å². The number of halogens is 1. The van der Waals surface area contributed by atoms with Crippen molar-refractivity contribution in [3.63, 3.8) is 0 Å². The summed E-state index contributed by atoms with van der Waals surface area (Å²) >= 11 is 0. The molecular weight excluding hydrogens is 261 g/mol. The van der Waals surface area contributed by atoms with Gasteiger partial charge in [-0.3, -0.25) is 4.79 Å². The highest BCUT2D eigenvalue weighted by molar-refractivity contribution is 5.79. The van der Waals surface area contributed by atoms with Gasteiger partial charge in [0.15, 0.2) is 0 Å². The van der Waals surface area contributed by atoms with Gasteiger partial charge in [-0.25, -0.2) is 4.39 Å². The highest BCUT2D eigenvalue weighted by Gasteiger charge is 2.24. The molecule has 110 valence electrons. The third-order valence-electron chi connectivity index (χ3n) is 3.61. The average Bonchev–Trinajstić information content (AvgIpc) is 2.48. The molecule has 0 aromatic heterocycles. The molecule has 1 N–H and O–H groups in total. The number of benzene rings is 1. The number of carbonyl (C=O) groups is 1. The zero-order chi connectivity index (χ0) is 14.5. The Morgan fingerprint density at radius 1 is 1.45 bits per heavy atom. The van der Waals surface area contributed by atoms with Crippen LogP contribution in [0.1, 0.15) is 31.4 Å². The molecule has 1 aromatic rings. The van der Waals surface area contributed by atoms with Crippen LogP contribution in [0.15, 0.2) is 18.2 Å². The van der Waals surface area contributed by atoms with Crippen LogP contribution >= 0.6 is 0 Å². The first-order valence-electron chi connectivity index (χ1n) is 6.83. The van der Waals surface area contributed by atoms with E-state index in [0.717, 1.165) is 12.8 Å². The maximum atomic E-state index is 13.4. The van der Waals surface area contributed by atoms with Crippen molar-refractivity contribution in [2.45, 2.75) is 25.8 Å². The first kappa shape index (κ1) is 14.8. The minimum absolute atomic E-state index is 0.00730. The van der Waals surface area contributed by atoms with E-state index in [1.807, 2.05) is 6.92 Å². The lowest BCUT2D eigenvalue weighted by atomic mass is 9.98. The molecule has 1 atom stereocenters. The van der Waals surface area contributed by atoms with E-state index in [4.69, 9.17) is 9.47 Å². The Morgan fingerprint density at radius 3 is 2.80 bits per heavy atom. The first-order chi connectivity index (χ1) is 9.61. The van der Waals surface area contributed by atoms with Crippen LogP contribution in [-0.2, 0) is 9.53 Å². The molecule has 0 spiro atoms. The second-order valence-corrected chi connectivity index (χ2v) is 5.00. The van der Waals surface area contributed by atoms with Crippen LogP contribution < -0.4 is 10.1 Å². The summed E-state index contributed by atoms with van der Waals surface area (Å²) in [6.07, 6.45) is 1.47. The number of amides is 1. The molecule has 1 saturated heterocycles. The van der Waals surface area contributed by atoms with Gasteiger partial charge in [0.05, 0.1) is 13.2 Å².